The van der Waals surface area contributed by atoms with Crippen LogP contribution >= 0.6 is 46.4 Å². The van der Waals surface area contributed by atoms with Gasteiger partial charge < -0.3 is 25.7 Å². The van der Waals surface area contributed by atoms with Gasteiger partial charge in [-0.15, -0.1) is 22.0 Å². The molecule has 2 aliphatic heterocycles. The number of aromatic nitrogens is 4. The summed E-state index contributed by atoms with van der Waals surface area (Å²) in [5, 5.41) is 34.4. The van der Waals surface area contributed by atoms with Gasteiger partial charge in [0.25, 0.3) is 17.5 Å². The Balaban J connectivity index is 1.36. The minimum Gasteiger partial charge on any atom is -0.493 e. The van der Waals surface area contributed by atoms with Gasteiger partial charge in [-0.1, -0.05) is 28.3 Å². The van der Waals surface area contributed by atoms with Crippen molar-refractivity contribution in [1.82, 2.24) is 29.8 Å². The molecule has 17 nitrogen and oxygen atoms in total. The Morgan fingerprint density at radius 2 is 2.19 bits per heavy atom. The number of aliphatic carboxylic acids is 1. The molecule has 1 fully saturated rings. The molecule has 1 aromatic carbocycles. The van der Waals surface area contributed by atoms with E-state index in [9.17, 15) is 29.6 Å². The molecule has 5 rings (SSSR count). The maximum Gasteiger partial charge on any atom is 0.352 e. The Morgan fingerprint density at radius 3 is 2.83 bits per heavy atom. The van der Waals surface area contributed by atoms with Crippen molar-refractivity contribution in [1.29, 1.82) is 0 Å². The second-order valence-electron chi connectivity index (χ2n) is 8.19. The van der Waals surface area contributed by atoms with Gasteiger partial charge in [0, 0.05) is 29.1 Å². The van der Waals surface area contributed by atoms with Gasteiger partial charge in [-0.2, -0.15) is 9.36 Å². The molecule has 21 heteroatoms. The summed E-state index contributed by atoms with van der Waals surface area (Å²) in [6.07, 6.45) is 0. The van der Waals surface area contributed by atoms with Gasteiger partial charge in [-0.3, -0.25) is 24.6 Å². The second-order valence-corrected chi connectivity index (χ2v) is 12.1. The number of non-ortho nitro benzene ring substituents is 1. The molecule has 0 saturated carbocycles. The number of rotatable bonds is 11. The molecular formula is C21H17N9O8S4. The first-order valence-corrected chi connectivity index (χ1v) is 15.1. The van der Waals surface area contributed by atoms with Gasteiger partial charge in [-0.05, 0) is 11.6 Å². The fourth-order valence-corrected chi connectivity index (χ4v) is 7.25. The number of nitrogens with two attached hydrogens (primary N) is 1. The summed E-state index contributed by atoms with van der Waals surface area (Å²) < 4.78 is 9.78. The van der Waals surface area contributed by atoms with Crippen LogP contribution in [0, 0.1) is 10.1 Å². The highest BCUT2D eigenvalue weighted by atomic mass is 32.2. The number of oxime groups is 1. The molecule has 4 N–H and O–H groups in total. The summed E-state index contributed by atoms with van der Waals surface area (Å²) >= 11 is 4.69. The minimum atomic E-state index is -1.27. The van der Waals surface area contributed by atoms with Gasteiger partial charge in [0.2, 0.25) is 17.3 Å². The number of nitrogen functional groups attached to an aromatic ring is 1. The minimum absolute atomic E-state index is 0.0160. The Morgan fingerprint density at radius 1 is 1.38 bits per heavy atom. The number of carbonyl (C=O) groups is 3. The number of methoxy groups -OCH3 is 1. The molecule has 42 heavy (non-hydrogen) atoms. The number of benzene rings is 1. The number of carboxylic acid groups (broad SMARTS) is 1. The number of hydrogen-bond donors (Lipinski definition) is 3. The molecule has 2 amide bonds. The van der Waals surface area contributed by atoms with Crippen LogP contribution in [0.5, 0.6) is 11.5 Å². The number of nitrogens with zero attached hydrogens (tertiary/aromatic N) is 7. The summed E-state index contributed by atoms with van der Waals surface area (Å²) in [6, 6.07) is 2.44. The van der Waals surface area contributed by atoms with Crippen molar-refractivity contribution in [2.24, 2.45) is 5.16 Å². The quantitative estimate of drug-likeness (QED) is 0.0868. The monoisotopic (exact) mass is 651 g/mol. The number of hydrogen-bond acceptors (Lipinski definition) is 17. The maximum absolute atomic E-state index is 13.3. The molecule has 4 heterocycles. The zero-order valence-electron chi connectivity index (χ0n) is 21.0. The third kappa shape index (κ3) is 5.84. The largest absolute Gasteiger partial charge is 0.493 e. The zero-order valence-corrected chi connectivity index (χ0v) is 24.3. The molecular weight excluding hydrogens is 635 g/mol. The summed E-state index contributed by atoms with van der Waals surface area (Å²) in [6.45, 7) is 0. The number of amides is 2. The van der Waals surface area contributed by atoms with E-state index in [4.69, 9.17) is 15.3 Å². The van der Waals surface area contributed by atoms with Crippen molar-refractivity contribution in [3.63, 3.8) is 0 Å². The van der Waals surface area contributed by atoms with Crippen molar-refractivity contribution >= 4 is 80.7 Å². The number of carbonyl (C=O) groups excluding carboxylic acids is 2. The second kappa shape index (κ2) is 12.3. The molecule has 0 radical (unpaired) electrons. The van der Waals surface area contributed by atoms with Crippen LogP contribution in [-0.4, -0.2) is 88.0 Å². The molecule has 3 aromatic rings. The van der Waals surface area contributed by atoms with Crippen molar-refractivity contribution in [3.8, 4) is 11.5 Å². The van der Waals surface area contributed by atoms with Crippen molar-refractivity contribution in [2.45, 2.75) is 15.8 Å². The van der Waals surface area contributed by atoms with Crippen LogP contribution in [0.25, 0.3) is 0 Å². The Bertz CT molecular complexity index is 1630. The third-order valence-electron chi connectivity index (χ3n) is 5.71. The SMILES string of the molecule is COc1ccc([N+](=O)[O-])cc1O/N=C(\C(=O)NC1C(=O)N2C(C(=O)O)=C(CSc3nncs3)CS[C@H]12)c1nsc(N)n1. The maximum atomic E-state index is 13.3. The molecule has 2 aromatic heterocycles. The first-order chi connectivity index (χ1) is 20.2. The topological polar surface area (TPSA) is 238 Å². The van der Waals surface area contributed by atoms with E-state index in [1.54, 1.807) is 5.51 Å². The van der Waals surface area contributed by atoms with Gasteiger partial charge >= 0.3 is 5.97 Å². The van der Waals surface area contributed by atoms with Gasteiger partial charge in [0.15, 0.2) is 15.2 Å². The van der Waals surface area contributed by atoms with E-state index in [-0.39, 0.29) is 33.8 Å². The lowest BCUT2D eigenvalue weighted by Crippen LogP contribution is -2.71. The molecule has 1 unspecified atom stereocenters. The number of carboxylic acids is 1. The summed E-state index contributed by atoms with van der Waals surface area (Å²) in [4.78, 5) is 59.6. The van der Waals surface area contributed by atoms with Crippen LogP contribution in [0.2, 0.25) is 0 Å². The molecule has 2 aliphatic rings. The van der Waals surface area contributed by atoms with Crippen LogP contribution in [0.4, 0.5) is 10.8 Å². The summed E-state index contributed by atoms with van der Waals surface area (Å²) in [5.74, 6) is -2.54. The first-order valence-electron chi connectivity index (χ1n) is 11.4. The van der Waals surface area contributed by atoms with Crippen molar-refractivity contribution < 1.29 is 34.0 Å². The number of β-lactam (4-membered cyclic amide) rings is 1. The van der Waals surface area contributed by atoms with Crippen LogP contribution in [0.1, 0.15) is 5.82 Å². The third-order valence-corrected chi connectivity index (χ3v) is 9.54. The zero-order chi connectivity index (χ0) is 30.0. The number of thioether (sulfide) groups is 2. The van der Waals surface area contributed by atoms with Crippen LogP contribution in [0.3, 0.4) is 0 Å². The smallest absolute Gasteiger partial charge is 0.352 e. The molecule has 0 spiro atoms. The number of ether oxygens (including phenoxy) is 1. The number of anilines is 1. The van der Waals surface area contributed by atoms with E-state index >= 15 is 0 Å². The average Bonchev–Trinajstić information content (AvgIpc) is 3.66. The number of nitrogens with one attached hydrogen (secondary N) is 1. The first kappa shape index (κ1) is 29.2. The number of nitro groups is 1. The van der Waals surface area contributed by atoms with E-state index in [2.05, 4.69) is 30.0 Å². The fraction of sp³-hybridized carbons (Fsp3) is 0.238. The number of fused-ring (bicyclic) bond motifs is 1. The number of nitro benzene ring substituents is 1. The summed E-state index contributed by atoms with van der Waals surface area (Å²) in [7, 11) is 1.31. The highest BCUT2D eigenvalue weighted by molar-refractivity contribution is 8.01. The van der Waals surface area contributed by atoms with E-state index in [1.807, 2.05) is 0 Å². The molecule has 218 valence electrons. The van der Waals surface area contributed by atoms with Gasteiger partial charge in [-0.25, -0.2) is 4.79 Å². The Kier molecular flexibility index (Phi) is 8.51. The predicted octanol–water partition coefficient (Wildman–Crippen LogP) is 1.20. The standard InChI is InChI=1S/C21H17N9O8S4/c1-37-10-3-2-9(30(35)36)4-11(10)38-27-12(15-25-20(22)42-28-15)16(31)24-13-17(32)29-14(19(33)34)8(5-39-18(13)29)6-40-21-26-23-7-41-21/h2-4,7,13,18H,5-6H2,1H3,(H,24,31)(H,33,34)(H2,22,25,28)/b27-12-/t13?,18-/m1/s1. The fourth-order valence-electron chi connectivity index (χ4n) is 3.84. The molecule has 0 bridgehead atoms. The predicted molar refractivity (Wildman–Crippen MR) is 151 cm³/mol. The van der Waals surface area contributed by atoms with Crippen LogP contribution < -0.4 is 20.6 Å². The van der Waals surface area contributed by atoms with Crippen molar-refractivity contribution in [3.05, 3.63) is 50.9 Å². The Labute approximate surface area is 251 Å². The average molecular weight is 652 g/mol. The lowest BCUT2D eigenvalue weighted by Gasteiger charge is -2.49. The normalized spacial score (nSPS) is 18.3. The van der Waals surface area contributed by atoms with Crippen LogP contribution in [0.15, 0.2) is 44.5 Å². The lowest BCUT2D eigenvalue weighted by molar-refractivity contribution is -0.385. The lowest BCUT2D eigenvalue weighted by atomic mass is 10.0. The van der Waals surface area contributed by atoms with E-state index < -0.39 is 39.8 Å². The molecule has 0 aliphatic carbocycles. The summed E-state index contributed by atoms with van der Waals surface area (Å²) in [5.41, 5.74) is 6.82. The molecule has 1 saturated heterocycles. The van der Waals surface area contributed by atoms with Crippen molar-refractivity contribution in [2.75, 3.05) is 24.3 Å². The highest BCUT2D eigenvalue weighted by Crippen LogP contribution is 2.41. The molecule has 2 atom stereocenters. The van der Waals surface area contributed by atoms with Gasteiger partial charge in [0.1, 0.15) is 22.6 Å². The van der Waals surface area contributed by atoms with Crippen LogP contribution in [-0.2, 0) is 14.4 Å². The van der Waals surface area contributed by atoms with Gasteiger partial charge in [0.05, 0.1) is 18.1 Å². The van der Waals surface area contributed by atoms with E-state index in [0.717, 1.165) is 22.5 Å². The van der Waals surface area contributed by atoms with E-state index in [1.165, 1.54) is 54.1 Å². The highest BCUT2D eigenvalue weighted by Gasteiger charge is 2.54. The van der Waals surface area contributed by atoms with E-state index in [0.29, 0.717) is 21.4 Å². The Hall–Kier alpha value is -4.34.